The molecule has 1 fully saturated rings. The average Bonchev–Trinajstić information content (AvgIpc) is 3.11. The third kappa shape index (κ3) is 3.18. The van der Waals surface area contributed by atoms with Crippen LogP contribution >= 0.6 is 0 Å². The number of amides is 1. The monoisotopic (exact) mass is 399 g/mol. The molecule has 3 aromatic heterocycles. The molecule has 1 saturated heterocycles. The highest BCUT2D eigenvalue weighted by atomic mass is 16.1. The molecule has 0 unspecified atom stereocenters. The maximum Gasteiger partial charge on any atom is 0.250 e. The van der Waals surface area contributed by atoms with Crippen LogP contribution in [0.4, 0.5) is 5.69 Å². The van der Waals surface area contributed by atoms with Gasteiger partial charge in [0.1, 0.15) is 0 Å². The van der Waals surface area contributed by atoms with Gasteiger partial charge in [-0.3, -0.25) is 9.78 Å². The van der Waals surface area contributed by atoms with Crippen molar-refractivity contribution in [3.63, 3.8) is 0 Å². The lowest BCUT2D eigenvalue weighted by Crippen LogP contribution is -2.32. The highest BCUT2D eigenvalue weighted by molar-refractivity contribution is 6.14. The second-order valence-electron chi connectivity index (χ2n) is 8.36. The summed E-state index contributed by atoms with van der Waals surface area (Å²) in [7, 11) is 0. The summed E-state index contributed by atoms with van der Waals surface area (Å²) < 4.78 is 0. The number of carbonyl (C=O) groups is 1. The van der Waals surface area contributed by atoms with Crippen LogP contribution in [0.2, 0.25) is 0 Å². The molecule has 0 spiro atoms. The first kappa shape index (κ1) is 18.6. The number of aromatic nitrogens is 3. The first-order chi connectivity index (χ1) is 14.5. The molecule has 6 nitrogen and oxygen atoms in total. The minimum Gasteiger partial charge on any atom is -0.371 e. The smallest absolute Gasteiger partial charge is 0.250 e. The van der Waals surface area contributed by atoms with Gasteiger partial charge in [0.15, 0.2) is 0 Å². The Labute approximate surface area is 175 Å². The Balaban J connectivity index is 1.65. The van der Waals surface area contributed by atoms with E-state index in [4.69, 9.17) is 10.7 Å². The van der Waals surface area contributed by atoms with Crippen LogP contribution in [-0.2, 0) is 0 Å². The summed E-state index contributed by atoms with van der Waals surface area (Å²) in [5.74, 6) is 0.315. The lowest BCUT2D eigenvalue weighted by molar-refractivity contribution is 0.100. The summed E-state index contributed by atoms with van der Waals surface area (Å²) in [5, 5.41) is 0.989. The van der Waals surface area contributed by atoms with Crippen LogP contribution in [0.5, 0.6) is 0 Å². The molecule has 6 heteroatoms. The number of nitrogens with two attached hydrogens (primary N) is 1. The van der Waals surface area contributed by atoms with Crippen molar-refractivity contribution >= 4 is 33.5 Å². The number of aromatic amines is 1. The average molecular weight is 399 g/mol. The van der Waals surface area contributed by atoms with Gasteiger partial charge in [0.2, 0.25) is 0 Å². The fourth-order valence-corrected chi connectivity index (χ4v) is 4.27. The van der Waals surface area contributed by atoms with Crippen LogP contribution in [0.25, 0.3) is 33.2 Å². The van der Waals surface area contributed by atoms with Gasteiger partial charge in [0.25, 0.3) is 5.91 Å². The fourth-order valence-electron chi connectivity index (χ4n) is 4.27. The van der Waals surface area contributed by atoms with E-state index in [1.807, 2.05) is 19.1 Å². The Bertz CT molecular complexity index is 1250. The molecule has 1 amide bonds. The van der Waals surface area contributed by atoms with Crippen LogP contribution in [0, 0.1) is 12.8 Å². The van der Waals surface area contributed by atoms with Gasteiger partial charge < -0.3 is 15.6 Å². The maximum atomic E-state index is 12.2. The van der Waals surface area contributed by atoms with E-state index in [1.165, 1.54) is 18.5 Å². The molecule has 0 aliphatic carbocycles. The van der Waals surface area contributed by atoms with Gasteiger partial charge in [-0.05, 0) is 62.1 Å². The summed E-state index contributed by atoms with van der Waals surface area (Å²) in [6.07, 6.45) is 4.21. The zero-order valence-electron chi connectivity index (χ0n) is 17.3. The van der Waals surface area contributed by atoms with Gasteiger partial charge in [-0.1, -0.05) is 6.92 Å². The number of pyridine rings is 2. The number of primary amides is 1. The van der Waals surface area contributed by atoms with Gasteiger partial charge in [-0.15, -0.1) is 0 Å². The molecule has 1 aromatic carbocycles. The molecule has 0 radical (unpaired) electrons. The Kier molecular flexibility index (Phi) is 4.42. The number of anilines is 1. The molecule has 0 atom stereocenters. The minimum absolute atomic E-state index is 0.445. The van der Waals surface area contributed by atoms with Crippen molar-refractivity contribution in [2.45, 2.75) is 26.7 Å². The van der Waals surface area contributed by atoms with E-state index < -0.39 is 5.91 Å². The second kappa shape index (κ2) is 7.13. The van der Waals surface area contributed by atoms with Crippen molar-refractivity contribution in [1.29, 1.82) is 0 Å². The number of fused-ring (bicyclic) bond motifs is 3. The van der Waals surface area contributed by atoms with E-state index in [9.17, 15) is 4.79 Å². The third-order valence-corrected chi connectivity index (χ3v) is 6.16. The van der Waals surface area contributed by atoms with Gasteiger partial charge >= 0.3 is 0 Å². The molecule has 1 aliphatic rings. The van der Waals surface area contributed by atoms with Crippen molar-refractivity contribution in [2.75, 3.05) is 18.0 Å². The van der Waals surface area contributed by atoms with E-state index in [1.54, 1.807) is 12.3 Å². The SMILES string of the molecule is Cc1ccc(-c2cc(C(N)=O)c3[nH]c4cc(N5CCC(C)CC5)ccc4c3n2)cn1. The number of rotatable bonds is 3. The summed E-state index contributed by atoms with van der Waals surface area (Å²) in [6.45, 7) is 6.40. The lowest BCUT2D eigenvalue weighted by Gasteiger charge is -2.32. The molecule has 0 bridgehead atoms. The van der Waals surface area contributed by atoms with E-state index in [0.717, 1.165) is 46.7 Å². The number of nitrogens with zero attached hydrogens (tertiary/aromatic N) is 3. The van der Waals surface area contributed by atoms with Crippen molar-refractivity contribution in [3.8, 4) is 11.3 Å². The summed E-state index contributed by atoms with van der Waals surface area (Å²) >= 11 is 0. The van der Waals surface area contributed by atoms with E-state index >= 15 is 0 Å². The maximum absolute atomic E-state index is 12.2. The normalized spacial score (nSPS) is 15.2. The highest BCUT2D eigenvalue weighted by Gasteiger charge is 2.19. The van der Waals surface area contributed by atoms with E-state index in [2.05, 4.69) is 40.0 Å². The van der Waals surface area contributed by atoms with E-state index in [-0.39, 0.29) is 0 Å². The number of aryl methyl sites for hydroxylation is 1. The number of H-pyrrole nitrogens is 1. The standard InChI is InChI=1S/C24H25N5O/c1-14-7-9-29(10-8-14)17-5-6-18-21(11-17)28-23-19(24(25)30)12-20(27-22(18)23)16-4-3-15(2)26-13-16/h3-6,11-14,28H,7-10H2,1-2H3,(H2,25,30). The van der Waals surface area contributed by atoms with Crippen LogP contribution < -0.4 is 10.6 Å². The first-order valence-corrected chi connectivity index (χ1v) is 10.4. The van der Waals surface area contributed by atoms with Crippen molar-refractivity contribution in [2.24, 2.45) is 11.7 Å². The highest BCUT2D eigenvalue weighted by Crippen LogP contribution is 2.33. The molecule has 152 valence electrons. The zero-order chi connectivity index (χ0) is 20.8. The fraction of sp³-hybridized carbons (Fsp3) is 0.292. The zero-order valence-corrected chi connectivity index (χ0v) is 17.3. The predicted octanol–water partition coefficient (Wildman–Crippen LogP) is 4.42. The molecule has 4 aromatic rings. The van der Waals surface area contributed by atoms with Gasteiger partial charge in [0.05, 0.1) is 27.8 Å². The van der Waals surface area contributed by atoms with Crippen LogP contribution in [0.15, 0.2) is 42.6 Å². The summed E-state index contributed by atoms with van der Waals surface area (Å²) in [4.78, 5) is 27.3. The lowest BCUT2D eigenvalue weighted by atomic mass is 9.99. The molecule has 1 aliphatic heterocycles. The number of carbonyl (C=O) groups excluding carboxylic acids is 1. The second-order valence-corrected chi connectivity index (χ2v) is 8.36. The topological polar surface area (TPSA) is 87.9 Å². The largest absolute Gasteiger partial charge is 0.371 e. The molecule has 4 heterocycles. The molecule has 30 heavy (non-hydrogen) atoms. The van der Waals surface area contributed by atoms with Crippen LogP contribution in [0.3, 0.4) is 0 Å². The van der Waals surface area contributed by atoms with E-state index in [0.29, 0.717) is 16.8 Å². The Hall–Kier alpha value is -3.41. The number of piperidine rings is 1. The minimum atomic E-state index is -0.472. The number of hydrogen-bond acceptors (Lipinski definition) is 4. The van der Waals surface area contributed by atoms with Crippen molar-refractivity contribution in [3.05, 3.63) is 53.9 Å². The summed E-state index contributed by atoms with van der Waals surface area (Å²) in [6, 6.07) is 12.1. The molecular weight excluding hydrogens is 374 g/mol. The Morgan fingerprint density at radius 3 is 2.67 bits per heavy atom. The summed E-state index contributed by atoms with van der Waals surface area (Å²) in [5.41, 5.74) is 12.3. The van der Waals surface area contributed by atoms with Crippen LogP contribution in [-0.4, -0.2) is 33.9 Å². The van der Waals surface area contributed by atoms with Crippen molar-refractivity contribution in [1.82, 2.24) is 15.0 Å². The third-order valence-electron chi connectivity index (χ3n) is 6.16. The van der Waals surface area contributed by atoms with Gasteiger partial charge in [-0.25, -0.2) is 4.98 Å². The number of nitrogens with one attached hydrogen (secondary N) is 1. The van der Waals surface area contributed by atoms with Gasteiger partial charge in [0, 0.05) is 41.6 Å². The molecule has 0 saturated carbocycles. The van der Waals surface area contributed by atoms with Gasteiger partial charge in [-0.2, -0.15) is 0 Å². The van der Waals surface area contributed by atoms with Crippen molar-refractivity contribution < 1.29 is 4.79 Å². The quantitative estimate of drug-likeness (QED) is 0.534. The predicted molar refractivity (Wildman–Crippen MR) is 121 cm³/mol. The first-order valence-electron chi connectivity index (χ1n) is 10.4. The number of benzene rings is 1. The molecular formula is C24H25N5O. The Morgan fingerprint density at radius 1 is 1.17 bits per heavy atom. The molecule has 3 N–H and O–H groups in total. The number of hydrogen-bond donors (Lipinski definition) is 2. The molecule has 5 rings (SSSR count). The van der Waals surface area contributed by atoms with Crippen LogP contribution in [0.1, 0.15) is 35.8 Å². The Morgan fingerprint density at radius 2 is 1.97 bits per heavy atom.